The Bertz CT molecular complexity index is 914. The second kappa shape index (κ2) is 39.8. The minimum absolute atomic E-state index is 0.00793. The molecule has 55 heavy (non-hydrogen) atoms. The van der Waals surface area contributed by atoms with Gasteiger partial charge in [0.2, 0.25) is 5.78 Å². The van der Waals surface area contributed by atoms with Gasteiger partial charge in [-0.15, -0.1) is 0 Å². The van der Waals surface area contributed by atoms with E-state index in [0.717, 1.165) is 0 Å². The third-order valence-corrected chi connectivity index (χ3v) is 6.25. The van der Waals surface area contributed by atoms with Crippen LogP contribution in [0.1, 0.15) is 40.0 Å². The molecule has 0 aliphatic rings. The summed E-state index contributed by atoms with van der Waals surface area (Å²) < 4.78 is 75.1. The van der Waals surface area contributed by atoms with Crippen LogP contribution in [0, 0.1) is 0 Å². The molecule has 0 amide bonds. The number of carbonyl (C=O) groups is 4. The summed E-state index contributed by atoms with van der Waals surface area (Å²) in [5.74, 6) is -3.53. The van der Waals surface area contributed by atoms with Crippen LogP contribution in [0.25, 0.3) is 0 Å². The molecule has 0 aromatic heterocycles. The number of hydrogen-bond acceptors (Lipinski definition) is 18. The molecular weight excluding hydrogens is 736 g/mol. The Morgan fingerprint density at radius 2 is 0.600 bits per heavy atom. The number of ether oxygens (including phenoxy) is 14. The molecule has 1 N–H and O–H groups in total. The highest BCUT2D eigenvalue weighted by atomic mass is 16.6. The largest absolute Gasteiger partial charge is 0.476 e. The molecule has 0 aromatic carbocycles. The van der Waals surface area contributed by atoms with Crippen molar-refractivity contribution in [2.45, 2.75) is 45.6 Å². The first-order valence-corrected chi connectivity index (χ1v) is 18.7. The molecule has 0 aromatic rings. The average molecular weight is 803 g/mol. The van der Waals surface area contributed by atoms with Crippen molar-refractivity contribution in [2.75, 3.05) is 165 Å². The molecule has 0 fully saturated rings. The summed E-state index contributed by atoms with van der Waals surface area (Å²) in [5, 5.41) is 8.45. The number of ketones is 1. The van der Waals surface area contributed by atoms with Crippen molar-refractivity contribution in [3.8, 4) is 0 Å². The lowest BCUT2D eigenvalue weighted by Crippen LogP contribution is -2.24. The van der Waals surface area contributed by atoms with Gasteiger partial charge in [-0.2, -0.15) is 0 Å². The average Bonchev–Trinajstić information content (AvgIpc) is 3.14. The smallest absolute Gasteiger partial charge is 0.372 e. The van der Waals surface area contributed by atoms with Gasteiger partial charge in [0.25, 0.3) is 0 Å². The first kappa shape index (κ1) is 52.6. The van der Waals surface area contributed by atoms with E-state index in [4.69, 9.17) is 71.4 Å². The van der Waals surface area contributed by atoms with Crippen molar-refractivity contribution in [1.29, 1.82) is 0 Å². The van der Waals surface area contributed by atoms with Crippen molar-refractivity contribution in [3.05, 3.63) is 0 Å². The fourth-order valence-corrected chi connectivity index (χ4v) is 3.68. The van der Waals surface area contributed by atoms with E-state index in [2.05, 4.69) is 0 Å². The number of hydrogen-bond donors (Lipinski definition) is 1. The van der Waals surface area contributed by atoms with Crippen LogP contribution in [0.2, 0.25) is 0 Å². The zero-order valence-electron chi connectivity index (χ0n) is 33.1. The van der Waals surface area contributed by atoms with Gasteiger partial charge in [-0.25, -0.2) is 4.79 Å². The molecule has 324 valence electrons. The highest BCUT2D eigenvalue weighted by Gasteiger charge is 2.16. The maximum absolute atomic E-state index is 11.6. The number of carbonyl (C=O) groups excluding carboxylic acids is 3. The molecule has 0 aliphatic heterocycles. The molecule has 0 aliphatic carbocycles. The van der Waals surface area contributed by atoms with Crippen LogP contribution in [-0.4, -0.2) is 200 Å². The SMILES string of the molecule is CC(C)(C)OC(=O)CCOCCOCCOCCOCCOCCOCCOCCOCCOCCOCCOCCOCCOC(=O)CCC(=O)C(=O)O. The maximum atomic E-state index is 11.6. The Morgan fingerprint density at radius 1 is 0.345 bits per heavy atom. The van der Waals surface area contributed by atoms with Crippen LogP contribution in [0.4, 0.5) is 0 Å². The Morgan fingerprint density at radius 3 is 0.855 bits per heavy atom. The maximum Gasteiger partial charge on any atom is 0.372 e. The standard InChI is InChI=1S/C36H66O19/c1-36(2,3)55-34(39)6-7-42-8-9-43-10-11-44-12-13-45-14-15-46-16-17-47-18-19-48-20-21-49-22-23-50-24-25-51-26-27-52-28-29-53-30-31-54-33(38)5-4-32(37)35(40)41/h4-31H2,1-3H3,(H,40,41). The summed E-state index contributed by atoms with van der Waals surface area (Å²) in [5.41, 5.74) is -0.485. The highest BCUT2D eigenvalue weighted by molar-refractivity contribution is 6.32. The Hall–Kier alpha value is -2.40. The highest BCUT2D eigenvalue weighted by Crippen LogP contribution is 2.08. The molecule has 19 nitrogen and oxygen atoms in total. The zero-order chi connectivity index (χ0) is 40.5. The lowest BCUT2D eigenvalue weighted by Gasteiger charge is -2.19. The normalized spacial score (nSPS) is 11.5. The molecule has 0 radical (unpaired) electrons. The minimum atomic E-state index is -1.57. The predicted molar refractivity (Wildman–Crippen MR) is 193 cm³/mol. The van der Waals surface area contributed by atoms with E-state index in [1.807, 2.05) is 20.8 Å². The van der Waals surface area contributed by atoms with Crippen molar-refractivity contribution >= 4 is 23.7 Å². The fraction of sp³-hybridized carbons (Fsp3) is 0.889. The van der Waals surface area contributed by atoms with Gasteiger partial charge in [-0.1, -0.05) is 0 Å². The molecule has 0 unspecified atom stereocenters. The van der Waals surface area contributed by atoms with E-state index < -0.39 is 29.7 Å². The van der Waals surface area contributed by atoms with Crippen LogP contribution >= 0.6 is 0 Å². The Kier molecular flexibility index (Phi) is 38.1. The summed E-state index contributed by atoms with van der Waals surface area (Å²) in [6, 6.07) is 0. The van der Waals surface area contributed by atoms with Gasteiger partial charge >= 0.3 is 17.9 Å². The molecule has 0 rings (SSSR count). The molecule has 0 bridgehead atoms. The van der Waals surface area contributed by atoms with E-state index in [1.54, 1.807) is 0 Å². The lowest BCUT2D eigenvalue weighted by atomic mass is 10.2. The van der Waals surface area contributed by atoms with E-state index in [9.17, 15) is 19.2 Å². The minimum Gasteiger partial charge on any atom is -0.476 e. The van der Waals surface area contributed by atoms with Crippen LogP contribution in [0.3, 0.4) is 0 Å². The number of rotatable bonds is 43. The second-order valence-electron chi connectivity index (χ2n) is 12.1. The second-order valence-corrected chi connectivity index (χ2v) is 12.1. The molecule has 19 heteroatoms. The van der Waals surface area contributed by atoms with Gasteiger partial charge in [-0.3, -0.25) is 14.4 Å². The Balaban J connectivity index is 3.15. The lowest BCUT2D eigenvalue weighted by molar-refractivity contribution is -0.156. The summed E-state index contributed by atoms with van der Waals surface area (Å²) >= 11 is 0. The van der Waals surface area contributed by atoms with Crippen LogP contribution < -0.4 is 0 Å². The van der Waals surface area contributed by atoms with Gasteiger partial charge in [-0.05, 0) is 20.8 Å². The third kappa shape index (κ3) is 44.2. The Labute approximate surface area is 325 Å². The van der Waals surface area contributed by atoms with Crippen molar-refractivity contribution < 1.29 is 90.6 Å². The molecule has 0 spiro atoms. The topological polar surface area (TPSA) is 218 Å². The fourth-order valence-electron chi connectivity index (χ4n) is 3.68. The summed E-state index contributed by atoms with van der Waals surface area (Å²) in [6.07, 6.45) is -0.450. The number of aliphatic carboxylic acids is 1. The zero-order valence-corrected chi connectivity index (χ0v) is 33.1. The molecule has 0 heterocycles. The van der Waals surface area contributed by atoms with Gasteiger partial charge in [0, 0.05) is 6.42 Å². The van der Waals surface area contributed by atoms with Crippen molar-refractivity contribution in [2.24, 2.45) is 0 Å². The first-order valence-electron chi connectivity index (χ1n) is 18.7. The quantitative estimate of drug-likeness (QED) is 0.0514. The van der Waals surface area contributed by atoms with Gasteiger partial charge in [0.15, 0.2) is 0 Å². The number of Topliss-reactive ketones (excluding diaryl/α,β-unsaturated/α-hetero) is 1. The monoisotopic (exact) mass is 802 g/mol. The first-order chi connectivity index (χ1) is 26.6. The molecule has 0 saturated carbocycles. The van der Waals surface area contributed by atoms with Crippen LogP contribution in [0.15, 0.2) is 0 Å². The van der Waals surface area contributed by atoms with Gasteiger partial charge < -0.3 is 71.4 Å². The van der Waals surface area contributed by atoms with E-state index >= 15 is 0 Å². The molecule has 0 atom stereocenters. The van der Waals surface area contributed by atoms with Crippen molar-refractivity contribution in [3.63, 3.8) is 0 Å². The predicted octanol–water partition coefficient (Wildman–Crippen LogP) is 0.895. The third-order valence-electron chi connectivity index (χ3n) is 6.25. The van der Waals surface area contributed by atoms with E-state index in [-0.39, 0.29) is 32.0 Å². The summed E-state index contributed by atoms with van der Waals surface area (Å²) in [7, 11) is 0. The van der Waals surface area contributed by atoms with E-state index in [0.29, 0.717) is 152 Å². The van der Waals surface area contributed by atoms with Gasteiger partial charge in [0.1, 0.15) is 12.2 Å². The van der Waals surface area contributed by atoms with Crippen molar-refractivity contribution in [1.82, 2.24) is 0 Å². The number of esters is 2. The summed E-state index contributed by atoms with van der Waals surface area (Å²) in [4.78, 5) is 44.2. The molecule has 0 saturated heterocycles. The van der Waals surface area contributed by atoms with E-state index in [1.165, 1.54) is 0 Å². The number of carboxylic acids is 1. The number of carboxylic acid groups (broad SMARTS) is 1. The molecular formula is C36H66O19. The van der Waals surface area contributed by atoms with Gasteiger partial charge in [0.05, 0.1) is 171 Å². The van der Waals surface area contributed by atoms with Crippen LogP contribution in [0.5, 0.6) is 0 Å². The summed E-state index contributed by atoms with van der Waals surface area (Å²) in [6.45, 7) is 15.6. The van der Waals surface area contributed by atoms with Crippen LogP contribution in [-0.2, 0) is 85.5 Å².